The first-order valence-corrected chi connectivity index (χ1v) is 11.7. The van der Waals surface area contributed by atoms with Gasteiger partial charge in [-0.05, 0) is 36.1 Å². The van der Waals surface area contributed by atoms with E-state index >= 15 is 0 Å². The highest BCUT2D eigenvalue weighted by atomic mass is 16.2. The third-order valence-corrected chi connectivity index (χ3v) is 5.77. The van der Waals surface area contributed by atoms with E-state index in [4.69, 9.17) is 0 Å². The van der Waals surface area contributed by atoms with Gasteiger partial charge in [0, 0.05) is 57.7 Å². The fourth-order valence-corrected chi connectivity index (χ4v) is 3.93. The maximum atomic E-state index is 12.4. The summed E-state index contributed by atoms with van der Waals surface area (Å²) in [5.41, 5.74) is 2.92. The van der Waals surface area contributed by atoms with Gasteiger partial charge >= 0.3 is 0 Å². The van der Waals surface area contributed by atoms with Gasteiger partial charge in [-0.3, -0.25) is 14.6 Å². The lowest BCUT2D eigenvalue weighted by Gasteiger charge is -2.18. The van der Waals surface area contributed by atoms with Crippen LogP contribution in [0.15, 0.2) is 59.6 Å². The fourth-order valence-electron chi connectivity index (χ4n) is 3.93. The summed E-state index contributed by atoms with van der Waals surface area (Å²) < 4.78 is 0. The lowest BCUT2D eigenvalue weighted by atomic mass is 10.1. The molecule has 3 rings (SSSR count). The van der Waals surface area contributed by atoms with E-state index in [2.05, 4.69) is 33.1 Å². The third-order valence-electron chi connectivity index (χ3n) is 5.77. The molecule has 7 nitrogen and oxygen atoms in total. The second-order valence-electron chi connectivity index (χ2n) is 8.41. The highest BCUT2D eigenvalue weighted by Crippen LogP contribution is 2.17. The van der Waals surface area contributed by atoms with Crippen molar-refractivity contribution in [1.29, 1.82) is 0 Å². The first kappa shape index (κ1) is 24.3. The van der Waals surface area contributed by atoms with Crippen LogP contribution >= 0.6 is 0 Å². The van der Waals surface area contributed by atoms with E-state index in [1.165, 1.54) is 5.56 Å². The van der Waals surface area contributed by atoms with E-state index in [-0.39, 0.29) is 17.7 Å². The summed E-state index contributed by atoms with van der Waals surface area (Å²) in [5.74, 6) is 1.12. The van der Waals surface area contributed by atoms with Gasteiger partial charge in [-0.2, -0.15) is 0 Å². The van der Waals surface area contributed by atoms with Gasteiger partial charge in [0.15, 0.2) is 5.96 Å². The number of nitrogens with zero attached hydrogens (tertiary/aromatic N) is 2. The number of rotatable bonds is 10. The van der Waals surface area contributed by atoms with Crippen LogP contribution in [0.25, 0.3) is 0 Å². The number of hydrogen-bond acceptors (Lipinski definition) is 3. The number of amides is 2. The molecule has 0 aliphatic carbocycles. The van der Waals surface area contributed by atoms with Gasteiger partial charge in [0.05, 0.1) is 0 Å². The first-order chi connectivity index (χ1) is 16.1. The second kappa shape index (κ2) is 12.6. The molecule has 1 heterocycles. The zero-order valence-corrected chi connectivity index (χ0v) is 19.6. The Bertz CT molecular complexity index is 945. The summed E-state index contributed by atoms with van der Waals surface area (Å²) in [6, 6.07) is 17.9. The highest BCUT2D eigenvalue weighted by molar-refractivity contribution is 5.94. The smallest absolute Gasteiger partial charge is 0.251 e. The zero-order chi connectivity index (χ0) is 23.5. The molecule has 176 valence electrons. The molecule has 1 fully saturated rings. The minimum absolute atomic E-state index is 0.0519. The molecule has 2 aromatic carbocycles. The van der Waals surface area contributed by atoms with Gasteiger partial charge in [-0.25, -0.2) is 0 Å². The van der Waals surface area contributed by atoms with Crippen LogP contribution in [0.3, 0.4) is 0 Å². The van der Waals surface area contributed by atoms with Crippen molar-refractivity contribution in [2.75, 3.05) is 33.2 Å². The van der Waals surface area contributed by atoms with E-state index < -0.39 is 0 Å². The van der Waals surface area contributed by atoms with Gasteiger partial charge < -0.3 is 20.9 Å². The molecule has 0 bridgehead atoms. The normalized spacial score (nSPS) is 16.1. The van der Waals surface area contributed by atoms with Gasteiger partial charge in [0.25, 0.3) is 5.91 Å². The molecule has 1 saturated heterocycles. The van der Waals surface area contributed by atoms with Crippen molar-refractivity contribution in [1.82, 2.24) is 20.9 Å². The molecule has 1 unspecified atom stereocenters. The molecule has 2 amide bonds. The molecule has 1 aliphatic rings. The standard InChI is InChI=1S/C26H35N5O2/c1-3-13-28-25(33)23-11-7-10-21(15-23)17-29-26(27-2)30-18-22-16-24(32)31(19-22)14-12-20-8-5-4-6-9-20/h4-11,15,22H,3,12-14,16-19H2,1-2H3,(H,28,33)(H2,27,29,30). The lowest BCUT2D eigenvalue weighted by Crippen LogP contribution is -2.40. The molecule has 1 aliphatic heterocycles. The molecule has 3 N–H and O–H groups in total. The van der Waals surface area contributed by atoms with E-state index in [1.807, 2.05) is 54.3 Å². The monoisotopic (exact) mass is 449 g/mol. The van der Waals surface area contributed by atoms with E-state index in [1.54, 1.807) is 7.05 Å². The fraction of sp³-hybridized carbons (Fsp3) is 0.423. The number of hydrogen-bond donors (Lipinski definition) is 3. The Morgan fingerprint density at radius 1 is 1.06 bits per heavy atom. The molecule has 0 saturated carbocycles. The maximum absolute atomic E-state index is 12.4. The Morgan fingerprint density at radius 2 is 1.85 bits per heavy atom. The summed E-state index contributed by atoms with van der Waals surface area (Å²) in [7, 11) is 1.73. The topological polar surface area (TPSA) is 85.8 Å². The predicted molar refractivity (Wildman–Crippen MR) is 132 cm³/mol. The highest BCUT2D eigenvalue weighted by Gasteiger charge is 2.29. The average molecular weight is 450 g/mol. The lowest BCUT2D eigenvalue weighted by molar-refractivity contribution is -0.127. The number of likely N-dealkylation sites (tertiary alicyclic amines) is 1. The predicted octanol–water partition coefficient (Wildman–Crippen LogP) is 2.58. The minimum Gasteiger partial charge on any atom is -0.356 e. The van der Waals surface area contributed by atoms with Gasteiger partial charge in [0.1, 0.15) is 0 Å². The number of carbonyl (C=O) groups is 2. The molecule has 0 aromatic heterocycles. The Hall–Kier alpha value is -3.35. The summed E-state index contributed by atoms with van der Waals surface area (Å²) in [6.07, 6.45) is 2.35. The Morgan fingerprint density at radius 3 is 2.61 bits per heavy atom. The van der Waals surface area contributed by atoms with Crippen LogP contribution in [0.2, 0.25) is 0 Å². The average Bonchev–Trinajstić information content (AvgIpc) is 3.21. The largest absolute Gasteiger partial charge is 0.356 e. The van der Waals surface area contributed by atoms with Crippen molar-refractivity contribution in [2.45, 2.75) is 32.7 Å². The van der Waals surface area contributed by atoms with Crippen LogP contribution in [0.4, 0.5) is 0 Å². The Labute approximate surface area is 196 Å². The SMILES string of the molecule is CCCNC(=O)c1cccc(CNC(=NC)NCC2CC(=O)N(CCc3ccccc3)C2)c1. The molecule has 0 radical (unpaired) electrons. The van der Waals surface area contributed by atoms with Crippen LogP contribution in [0, 0.1) is 5.92 Å². The Balaban J connectivity index is 1.42. The minimum atomic E-state index is -0.0519. The van der Waals surface area contributed by atoms with Crippen LogP contribution in [-0.2, 0) is 17.8 Å². The molecule has 33 heavy (non-hydrogen) atoms. The Kier molecular flexibility index (Phi) is 9.30. The summed E-state index contributed by atoms with van der Waals surface area (Å²) >= 11 is 0. The van der Waals surface area contributed by atoms with E-state index in [9.17, 15) is 9.59 Å². The van der Waals surface area contributed by atoms with Crippen molar-refractivity contribution >= 4 is 17.8 Å². The van der Waals surface area contributed by atoms with Crippen molar-refractivity contribution < 1.29 is 9.59 Å². The van der Waals surface area contributed by atoms with E-state index in [0.717, 1.165) is 31.5 Å². The summed E-state index contributed by atoms with van der Waals surface area (Å²) in [6.45, 7) is 5.47. The number of benzene rings is 2. The number of carbonyl (C=O) groups excluding carboxylic acids is 2. The third kappa shape index (κ3) is 7.63. The van der Waals surface area contributed by atoms with Gasteiger partial charge in [-0.1, -0.05) is 49.4 Å². The molecular formula is C26H35N5O2. The molecular weight excluding hydrogens is 414 g/mol. The number of guanidine groups is 1. The summed E-state index contributed by atoms with van der Waals surface area (Å²) in [4.78, 5) is 30.8. The van der Waals surface area contributed by atoms with Crippen LogP contribution < -0.4 is 16.0 Å². The number of nitrogens with one attached hydrogen (secondary N) is 3. The molecule has 7 heteroatoms. The van der Waals surface area contributed by atoms with Gasteiger partial charge in [-0.15, -0.1) is 0 Å². The van der Waals surface area contributed by atoms with Crippen molar-refractivity contribution in [2.24, 2.45) is 10.9 Å². The van der Waals surface area contributed by atoms with Crippen molar-refractivity contribution in [3.63, 3.8) is 0 Å². The molecule has 0 spiro atoms. The van der Waals surface area contributed by atoms with Crippen LogP contribution in [-0.4, -0.2) is 55.9 Å². The van der Waals surface area contributed by atoms with Crippen molar-refractivity contribution in [3.8, 4) is 0 Å². The van der Waals surface area contributed by atoms with E-state index in [0.29, 0.717) is 37.6 Å². The van der Waals surface area contributed by atoms with Crippen molar-refractivity contribution in [3.05, 3.63) is 71.3 Å². The summed E-state index contributed by atoms with van der Waals surface area (Å²) in [5, 5.41) is 9.54. The van der Waals surface area contributed by atoms with Gasteiger partial charge in [0.2, 0.25) is 5.91 Å². The molecule has 2 aromatic rings. The zero-order valence-electron chi connectivity index (χ0n) is 19.6. The van der Waals surface area contributed by atoms with Crippen LogP contribution in [0.5, 0.6) is 0 Å². The molecule has 1 atom stereocenters. The quantitative estimate of drug-likeness (QED) is 0.384. The van der Waals surface area contributed by atoms with Crippen LogP contribution in [0.1, 0.15) is 41.3 Å². The second-order valence-corrected chi connectivity index (χ2v) is 8.41. The number of aliphatic imine (C=N–C) groups is 1. The first-order valence-electron chi connectivity index (χ1n) is 11.7. The maximum Gasteiger partial charge on any atom is 0.251 e.